The summed E-state index contributed by atoms with van der Waals surface area (Å²) in [5.41, 5.74) is 11.6. The molecule has 4 amide bonds. The molecule has 2 aromatic carbocycles. The number of aliphatic hydroxyl groups is 1. The van der Waals surface area contributed by atoms with Crippen LogP contribution in [0, 0.1) is 18.3 Å². The van der Waals surface area contributed by atoms with Gasteiger partial charge in [0.25, 0.3) is 0 Å². The highest BCUT2D eigenvalue weighted by molar-refractivity contribution is 7.13. The summed E-state index contributed by atoms with van der Waals surface area (Å²) < 4.78 is 5.75. The average Bonchev–Trinajstić information content (AvgIpc) is 3.72. The number of likely N-dealkylation sites (tertiary alicyclic amines) is 1. The lowest BCUT2D eigenvalue weighted by Crippen LogP contribution is -2.57. The molecule has 1 saturated heterocycles. The van der Waals surface area contributed by atoms with Gasteiger partial charge in [-0.2, -0.15) is 0 Å². The lowest BCUT2D eigenvalue weighted by atomic mass is 9.85. The number of amides is 4. The number of benzene rings is 2. The van der Waals surface area contributed by atoms with E-state index in [-0.39, 0.29) is 55.5 Å². The van der Waals surface area contributed by atoms with Gasteiger partial charge in [-0.15, -0.1) is 11.3 Å². The van der Waals surface area contributed by atoms with Crippen LogP contribution in [0.25, 0.3) is 10.4 Å². The van der Waals surface area contributed by atoms with Crippen LogP contribution in [0.1, 0.15) is 82.2 Å². The summed E-state index contributed by atoms with van der Waals surface area (Å²) in [6, 6.07) is 14.4. The van der Waals surface area contributed by atoms with Gasteiger partial charge < -0.3 is 31.1 Å². The number of nitrogens with one attached hydrogen (secondary N) is 2. The molecule has 11 nitrogen and oxygen atoms in total. The molecule has 0 saturated carbocycles. The molecule has 12 heteroatoms. The first kappa shape index (κ1) is 40.6. The number of aryl methyl sites for hydroxylation is 3. The highest BCUT2D eigenvalue weighted by Crippen LogP contribution is 2.28. The average molecular weight is 734 g/mol. The Morgan fingerprint density at radius 1 is 1.02 bits per heavy atom. The SMILES string of the molecule is Cc1ncsc1-c1ccc(CNC(=O)[C@@H]2C[C@@H](O)CN2C(=O)[C@@H](NC(=O)CCc2ccc(CCCOC[C@@H](C)CCC(N)=O)cc2)C(C)(C)C)cc1. The molecule has 0 spiro atoms. The van der Waals surface area contributed by atoms with Gasteiger partial charge in [0.05, 0.1) is 22.2 Å². The first-order chi connectivity index (χ1) is 24.7. The van der Waals surface area contributed by atoms with Gasteiger partial charge in [-0.1, -0.05) is 76.2 Å². The van der Waals surface area contributed by atoms with Crippen LogP contribution < -0.4 is 16.4 Å². The van der Waals surface area contributed by atoms with Crippen molar-refractivity contribution in [2.75, 3.05) is 19.8 Å². The van der Waals surface area contributed by atoms with Crippen molar-refractivity contribution >= 4 is 35.0 Å². The number of primary amides is 1. The Morgan fingerprint density at radius 2 is 1.67 bits per heavy atom. The highest BCUT2D eigenvalue weighted by atomic mass is 32.1. The Labute approximate surface area is 311 Å². The van der Waals surface area contributed by atoms with E-state index in [4.69, 9.17) is 10.5 Å². The van der Waals surface area contributed by atoms with Gasteiger partial charge in [-0.25, -0.2) is 4.98 Å². The maximum Gasteiger partial charge on any atom is 0.246 e. The van der Waals surface area contributed by atoms with Crippen LogP contribution in [0.5, 0.6) is 0 Å². The molecular weight excluding hydrogens is 679 g/mol. The van der Waals surface area contributed by atoms with Gasteiger partial charge in [-0.05, 0) is 66.2 Å². The largest absolute Gasteiger partial charge is 0.391 e. The highest BCUT2D eigenvalue weighted by Gasteiger charge is 2.44. The van der Waals surface area contributed by atoms with E-state index in [2.05, 4.69) is 27.8 Å². The van der Waals surface area contributed by atoms with Gasteiger partial charge in [0, 0.05) is 45.6 Å². The Morgan fingerprint density at radius 3 is 2.29 bits per heavy atom. The van der Waals surface area contributed by atoms with E-state index in [9.17, 15) is 24.3 Å². The Hall–Kier alpha value is -4.13. The third-order valence-corrected chi connectivity index (χ3v) is 10.4. The Balaban J connectivity index is 1.25. The van der Waals surface area contributed by atoms with Crippen LogP contribution in [0.3, 0.4) is 0 Å². The summed E-state index contributed by atoms with van der Waals surface area (Å²) in [7, 11) is 0. The first-order valence-corrected chi connectivity index (χ1v) is 19.1. The topological polar surface area (TPSA) is 164 Å². The molecule has 4 rings (SSSR count). The van der Waals surface area contributed by atoms with Crippen molar-refractivity contribution in [3.63, 3.8) is 0 Å². The van der Waals surface area contributed by atoms with E-state index in [1.54, 1.807) is 11.3 Å². The molecular formula is C40H55N5O6S. The molecule has 0 radical (unpaired) electrons. The second kappa shape index (κ2) is 19.1. The quantitative estimate of drug-likeness (QED) is 0.138. The van der Waals surface area contributed by atoms with Crippen molar-refractivity contribution in [2.24, 2.45) is 17.1 Å². The van der Waals surface area contributed by atoms with Crippen molar-refractivity contribution in [3.8, 4) is 10.4 Å². The molecule has 52 heavy (non-hydrogen) atoms. The second-order valence-electron chi connectivity index (χ2n) is 15.0. The second-order valence-corrected chi connectivity index (χ2v) is 15.9. The van der Waals surface area contributed by atoms with E-state index >= 15 is 0 Å². The molecule has 1 fully saturated rings. The number of hydrogen-bond donors (Lipinski definition) is 4. The normalized spacial score (nSPS) is 17.1. The molecule has 0 aliphatic carbocycles. The standard InChI is InChI=1S/C40H55N5O6S/c1-26(8-18-34(41)47)24-51-20-6-7-28-9-11-29(12-10-28)15-19-35(48)44-37(40(3,4)5)39(50)45-23-32(46)21-33(45)38(49)42-22-30-13-16-31(17-14-30)36-27(2)43-25-52-36/h9-14,16-17,25-26,32-33,37,46H,6-8,15,18-24H2,1-5H3,(H2,41,47)(H,42,49)(H,44,48)/t26-,32+,33-,37+/m0/s1. The van der Waals surface area contributed by atoms with Crippen molar-refractivity contribution in [3.05, 3.63) is 76.4 Å². The minimum atomic E-state index is -0.876. The lowest BCUT2D eigenvalue weighted by Gasteiger charge is -2.35. The monoisotopic (exact) mass is 733 g/mol. The molecule has 282 valence electrons. The van der Waals surface area contributed by atoms with E-state index in [1.165, 1.54) is 10.5 Å². The van der Waals surface area contributed by atoms with Gasteiger partial charge in [0.15, 0.2) is 0 Å². The summed E-state index contributed by atoms with van der Waals surface area (Å²) in [4.78, 5) is 58.3. The molecule has 0 unspecified atom stereocenters. The maximum atomic E-state index is 14.0. The summed E-state index contributed by atoms with van der Waals surface area (Å²) in [5.74, 6) is -0.966. The Bertz CT molecular complexity index is 1630. The minimum Gasteiger partial charge on any atom is -0.391 e. The van der Waals surface area contributed by atoms with Gasteiger partial charge in [0.2, 0.25) is 23.6 Å². The third kappa shape index (κ3) is 12.2. The zero-order valence-electron chi connectivity index (χ0n) is 31.2. The van der Waals surface area contributed by atoms with Gasteiger partial charge >= 0.3 is 0 Å². The summed E-state index contributed by atoms with van der Waals surface area (Å²) in [6.45, 7) is 11.2. The molecule has 5 N–H and O–H groups in total. The van der Waals surface area contributed by atoms with E-state index in [1.807, 2.05) is 76.5 Å². The van der Waals surface area contributed by atoms with E-state index in [0.29, 0.717) is 26.1 Å². The smallest absolute Gasteiger partial charge is 0.246 e. The lowest BCUT2D eigenvalue weighted by molar-refractivity contribution is -0.144. The molecule has 2 heterocycles. The number of hydrogen-bond acceptors (Lipinski definition) is 8. The summed E-state index contributed by atoms with van der Waals surface area (Å²) in [5, 5.41) is 16.4. The predicted octanol–water partition coefficient (Wildman–Crippen LogP) is 4.71. The van der Waals surface area contributed by atoms with E-state index < -0.39 is 23.6 Å². The number of nitrogens with two attached hydrogens (primary N) is 1. The number of ether oxygens (including phenoxy) is 1. The van der Waals surface area contributed by atoms with Crippen molar-refractivity contribution in [1.29, 1.82) is 0 Å². The van der Waals surface area contributed by atoms with Crippen molar-refractivity contribution in [1.82, 2.24) is 20.5 Å². The van der Waals surface area contributed by atoms with Crippen LogP contribution in [-0.2, 0) is 43.3 Å². The molecule has 3 aromatic rings. The zero-order chi connectivity index (χ0) is 37.8. The van der Waals surface area contributed by atoms with E-state index in [0.717, 1.165) is 46.5 Å². The number of nitrogens with zero attached hydrogens (tertiary/aromatic N) is 2. The maximum absolute atomic E-state index is 14.0. The molecule has 0 bridgehead atoms. The number of thiazole rings is 1. The summed E-state index contributed by atoms with van der Waals surface area (Å²) >= 11 is 1.58. The number of rotatable bonds is 18. The third-order valence-electron chi connectivity index (χ3n) is 9.42. The van der Waals surface area contributed by atoms with Crippen LogP contribution >= 0.6 is 11.3 Å². The Kier molecular flexibility index (Phi) is 14.9. The summed E-state index contributed by atoms with van der Waals surface area (Å²) in [6.07, 6.45) is 2.88. The molecule has 1 aliphatic rings. The minimum absolute atomic E-state index is 0.0246. The molecule has 4 atom stereocenters. The van der Waals surface area contributed by atoms with Crippen LogP contribution in [0.2, 0.25) is 0 Å². The van der Waals surface area contributed by atoms with Gasteiger partial charge in [0.1, 0.15) is 12.1 Å². The van der Waals surface area contributed by atoms with Gasteiger partial charge in [-0.3, -0.25) is 19.2 Å². The number of aliphatic hydroxyl groups excluding tert-OH is 1. The number of carbonyl (C=O) groups excluding carboxylic acids is 4. The number of β-amino-alcohol motifs (C(OH)–C–C–N with tert-alkyl or cyclic N) is 1. The number of aromatic nitrogens is 1. The molecule has 1 aliphatic heterocycles. The fourth-order valence-corrected chi connectivity index (χ4v) is 7.09. The fourth-order valence-electron chi connectivity index (χ4n) is 6.28. The van der Waals surface area contributed by atoms with Crippen molar-refractivity contribution in [2.45, 2.75) is 104 Å². The fraction of sp³-hybridized carbons (Fsp3) is 0.525. The zero-order valence-corrected chi connectivity index (χ0v) is 32.0. The molecule has 1 aromatic heterocycles. The van der Waals surface area contributed by atoms with Crippen LogP contribution in [0.15, 0.2) is 54.0 Å². The predicted molar refractivity (Wildman–Crippen MR) is 203 cm³/mol. The van der Waals surface area contributed by atoms with Crippen LogP contribution in [-0.4, -0.2) is 76.6 Å². The number of carbonyl (C=O) groups is 4. The van der Waals surface area contributed by atoms with Crippen molar-refractivity contribution < 1.29 is 29.0 Å². The first-order valence-electron chi connectivity index (χ1n) is 18.2. The van der Waals surface area contributed by atoms with Crippen LogP contribution in [0.4, 0.5) is 0 Å².